The number of allylic oxidation sites excluding steroid dienone is 2. The predicted octanol–water partition coefficient (Wildman–Crippen LogP) is 1.17. The van der Waals surface area contributed by atoms with Crippen LogP contribution < -0.4 is 5.73 Å². The van der Waals surface area contributed by atoms with Crippen molar-refractivity contribution in [3.05, 3.63) is 24.3 Å². The highest BCUT2D eigenvalue weighted by molar-refractivity contribution is 5.22. The highest BCUT2D eigenvalue weighted by Crippen LogP contribution is 2.19. The van der Waals surface area contributed by atoms with E-state index in [1.54, 1.807) is 18.2 Å². The molecule has 1 aliphatic rings. The van der Waals surface area contributed by atoms with E-state index in [2.05, 4.69) is 0 Å². The molecule has 0 aromatic heterocycles. The van der Waals surface area contributed by atoms with Gasteiger partial charge in [-0.1, -0.05) is 18.2 Å². The van der Waals surface area contributed by atoms with Crippen LogP contribution in [0.2, 0.25) is 0 Å². The average Bonchev–Trinajstić information content (AvgIpc) is 1.77. The first-order valence-electron chi connectivity index (χ1n) is 2.93. The summed E-state index contributed by atoms with van der Waals surface area (Å²) in [4.78, 5) is 0. The summed E-state index contributed by atoms with van der Waals surface area (Å²) in [6.07, 6.45) is 6.55. The highest BCUT2D eigenvalue weighted by Gasteiger charge is 2.27. The quantitative estimate of drug-likeness (QED) is 0.519. The second-order valence-electron chi connectivity index (χ2n) is 2.42. The summed E-state index contributed by atoms with van der Waals surface area (Å²) in [5.41, 5.74) is 4.05. The second kappa shape index (κ2) is 1.95. The van der Waals surface area contributed by atoms with Gasteiger partial charge in [0.2, 0.25) is 0 Å². The van der Waals surface area contributed by atoms with Gasteiger partial charge in [-0.25, -0.2) is 4.39 Å². The van der Waals surface area contributed by atoms with Gasteiger partial charge >= 0.3 is 0 Å². The van der Waals surface area contributed by atoms with Crippen molar-refractivity contribution in [2.24, 2.45) is 5.73 Å². The minimum Gasteiger partial charge on any atom is -0.322 e. The van der Waals surface area contributed by atoms with E-state index in [0.717, 1.165) is 0 Å². The molecule has 2 atom stereocenters. The van der Waals surface area contributed by atoms with Crippen molar-refractivity contribution in [2.75, 3.05) is 0 Å². The Morgan fingerprint density at radius 2 is 2.22 bits per heavy atom. The lowest BCUT2D eigenvalue weighted by atomic mass is 9.95. The van der Waals surface area contributed by atoms with Crippen LogP contribution in [0.5, 0.6) is 0 Å². The van der Waals surface area contributed by atoms with Crippen molar-refractivity contribution >= 4 is 0 Å². The maximum atomic E-state index is 13.0. The molecule has 0 radical (unpaired) electrons. The SMILES string of the molecule is CC1(F)C=CC=CC1N. The molecule has 2 N–H and O–H groups in total. The summed E-state index contributed by atoms with van der Waals surface area (Å²) in [6.45, 7) is 1.47. The number of rotatable bonds is 0. The lowest BCUT2D eigenvalue weighted by Gasteiger charge is -2.23. The zero-order valence-electron chi connectivity index (χ0n) is 5.34. The molecule has 1 rings (SSSR count). The van der Waals surface area contributed by atoms with Crippen molar-refractivity contribution in [3.8, 4) is 0 Å². The van der Waals surface area contributed by atoms with Gasteiger partial charge in [0.05, 0.1) is 6.04 Å². The monoisotopic (exact) mass is 127 g/mol. The van der Waals surface area contributed by atoms with E-state index in [4.69, 9.17) is 5.73 Å². The summed E-state index contributed by atoms with van der Waals surface area (Å²) in [7, 11) is 0. The molecular weight excluding hydrogens is 117 g/mol. The molecule has 0 amide bonds. The minimum atomic E-state index is -1.35. The van der Waals surface area contributed by atoms with Gasteiger partial charge in [0.15, 0.2) is 0 Å². The first kappa shape index (κ1) is 6.49. The number of hydrogen-bond acceptors (Lipinski definition) is 1. The Kier molecular flexibility index (Phi) is 1.41. The van der Waals surface area contributed by atoms with Crippen molar-refractivity contribution in [3.63, 3.8) is 0 Å². The molecule has 0 aliphatic heterocycles. The van der Waals surface area contributed by atoms with Crippen molar-refractivity contribution in [2.45, 2.75) is 18.6 Å². The number of alkyl halides is 1. The topological polar surface area (TPSA) is 26.0 Å². The Hall–Kier alpha value is -0.630. The molecule has 2 unspecified atom stereocenters. The van der Waals surface area contributed by atoms with Crippen LogP contribution in [0.1, 0.15) is 6.92 Å². The molecular formula is C7H10FN. The van der Waals surface area contributed by atoms with Gasteiger partial charge in [0.1, 0.15) is 5.67 Å². The van der Waals surface area contributed by atoms with Gasteiger partial charge in [-0.05, 0) is 13.0 Å². The van der Waals surface area contributed by atoms with E-state index in [0.29, 0.717) is 0 Å². The summed E-state index contributed by atoms with van der Waals surface area (Å²) < 4.78 is 13.0. The summed E-state index contributed by atoms with van der Waals surface area (Å²) in [5.74, 6) is 0. The predicted molar refractivity (Wildman–Crippen MR) is 35.8 cm³/mol. The molecule has 1 nitrogen and oxygen atoms in total. The summed E-state index contributed by atoms with van der Waals surface area (Å²) >= 11 is 0. The van der Waals surface area contributed by atoms with Gasteiger partial charge < -0.3 is 5.73 Å². The Morgan fingerprint density at radius 3 is 2.56 bits per heavy atom. The largest absolute Gasteiger partial charge is 0.322 e. The molecule has 0 aromatic rings. The van der Waals surface area contributed by atoms with Gasteiger partial charge in [-0.3, -0.25) is 0 Å². The minimum absolute atomic E-state index is 0.484. The van der Waals surface area contributed by atoms with Crippen molar-refractivity contribution < 1.29 is 4.39 Å². The Labute approximate surface area is 54.0 Å². The highest BCUT2D eigenvalue weighted by atomic mass is 19.1. The zero-order chi connectivity index (χ0) is 6.91. The normalized spacial score (nSPS) is 41.4. The number of halogens is 1. The number of hydrogen-bond donors (Lipinski definition) is 1. The maximum absolute atomic E-state index is 13.0. The number of nitrogens with two attached hydrogens (primary N) is 1. The van der Waals surface area contributed by atoms with Crippen molar-refractivity contribution in [1.29, 1.82) is 0 Å². The second-order valence-corrected chi connectivity index (χ2v) is 2.42. The Bertz CT molecular complexity index is 158. The molecule has 0 bridgehead atoms. The van der Waals surface area contributed by atoms with E-state index in [-0.39, 0.29) is 0 Å². The van der Waals surface area contributed by atoms with Crippen LogP contribution in [-0.2, 0) is 0 Å². The first-order chi connectivity index (χ1) is 4.13. The van der Waals surface area contributed by atoms with E-state index in [1.165, 1.54) is 13.0 Å². The standard InChI is InChI=1S/C7H10FN/c1-7(8)5-3-2-4-6(7)9/h2-6H,9H2,1H3. The van der Waals surface area contributed by atoms with Crippen LogP contribution in [-0.4, -0.2) is 11.7 Å². The molecule has 2 heteroatoms. The third-order valence-electron chi connectivity index (χ3n) is 1.50. The van der Waals surface area contributed by atoms with Crippen LogP contribution >= 0.6 is 0 Å². The molecule has 0 saturated carbocycles. The molecule has 0 heterocycles. The molecule has 50 valence electrons. The molecule has 0 aromatic carbocycles. The fourth-order valence-electron chi connectivity index (χ4n) is 0.727. The summed E-state index contributed by atoms with van der Waals surface area (Å²) in [6, 6.07) is -0.484. The van der Waals surface area contributed by atoms with Gasteiger partial charge in [0.25, 0.3) is 0 Å². The van der Waals surface area contributed by atoms with Crippen LogP contribution in [0.15, 0.2) is 24.3 Å². The van der Waals surface area contributed by atoms with E-state index < -0.39 is 11.7 Å². The van der Waals surface area contributed by atoms with Crippen molar-refractivity contribution in [1.82, 2.24) is 0 Å². The molecule has 0 fully saturated rings. The molecule has 9 heavy (non-hydrogen) atoms. The van der Waals surface area contributed by atoms with Crippen LogP contribution in [0.3, 0.4) is 0 Å². The third kappa shape index (κ3) is 1.19. The fourth-order valence-corrected chi connectivity index (χ4v) is 0.727. The van der Waals surface area contributed by atoms with E-state index in [9.17, 15) is 4.39 Å². The van der Waals surface area contributed by atoms with Crippen LogP contribution in [0, 0.1) is 0 Å². The van der Waals surface area contributed by atoms with Gasteiger partial charge in [-0.15, -0.1) is 0 Å². The Morgan fingerprint density at radius 1 is 1.56 bits per heavy atom. The Balaban J connectivity index is 2.78. The van der Waals surface area contributed by atoms with Crippen LogP contribution in [0.4, 0.5) is 4.39 Å². The molecule has 1 aliphatic carbocycles. The lowest BCUT2D eigenvalue weighted by Crippen LogP contribution is -2.39. The maximum Gasteiger partial charge on any atom is 0.145 e. The third-order valence-corrected chi connectivity index (χ3v) is 1.50. The van der Waals surface area contributed by atoms with Gasteiger partial charge in [-0.2, -0.15) is 0 Å². The average molecular weight is 127 g/mol. The van der Waals surface area contributed by atoms with Crippen LogP contribution in [0.25, 0.3) is 0 Å². The summed E-state index contributed by atoms with van der Waals surface area (Å²) in [5, 5.41) is 0. The lowest BCUT2D eigenvalue weighted by molar-refractivity contribution is 0.232. The zero-order valence-corrected chi connectivity index (χ0v) is 5.34. The molecule has 0 saturated heterocycles. The van der Waals surface area contributed by atoms with E-state index >= 15 is 0 Å². The fraction of sp³-hybridized carbons (Fsp3) is 0.429. The van der Waals surface area contributed by atoms with E-state index in [1.807, 2.05) is 0 Å². The van der Waals surface area contributed by atoms with Gasteiger partial charge in [0, 0.05) is 0 Å². The molecule has 0 spiro atoms. The smallest absolute Gasteiger partial charge is 0.145 e. The first-order valence-corrected chi connectivity index (χ1v) is 2.93.